The average molecular weight is 294 g/mol. The van der Waals surface area contributed by atoms with E-state index in [1.807, 2.05) is 12.1 Å². The molecule has 0 aliphatic heterocycles. The van der Waals surface area contributed by atoms with Crippen LogP contribution < -0.4 is 5.73 Å². The lowest BCUT2D eigenvalue weighted by Gasteiger charge is -2.22. The molecule has 20 heavy (non-hydrogen) atoms. The van der Waals surface area contributed by atoms with Crippen molar-refractivity contribution in [2.45, 2.75) is 18.9 Å². The van der Waals surface area contributed by atoms with Gasteiger partial charge in [0.15, 0.2) is 0 Å². The summed E-state index contributed by atoms with van der Waals surface area (Å²) < 4.78 is 13.3. The quantitative estimate of drug-likeness (QED) is 0.905. The van der Waals surface area contributed by atoms with E-state index in [4.69, 9.17) is 17.3 Å². The summed E-state index contributed by atoms with van der Waals surface area (Å²) >= 11 is 5.86. The van der Waals surface area contributed by atoms with Crippen LogP contribution in [0.4, 0.5) is 4.39 Å². The third kappa shape index (κ3) is 3.18. The Bertz CT molecular complexity index is 586. The third-order valence-electron chi connectivity index (χ3n) is 3.46. The SMILES string of the molecule is Cc1cc(C(O)C(CN)c2ccc(Cl)cc2)ccc1F. The molecule has 2 aromatic carbocycles. The smallest absolute Gasteiger partial charge is 0.126 e. The van der Waals surface area contributed by atoms with Crippen LogP contribution in [-0.2, 0) is 0 Å². The zero-order valence-corrected chi connectivity index (χ0v) is 11.9. The number of aryl methyl sites for hydroxylation is 1. The highest BCUT2D eigenvalue weighted by molar-refractivity contribution is 6.30. The lowest BCUT2D eigenvalue weighted by molar-refractivity contribution is 0.147. The van der Waals surface area contributed by atoms with Gasteiger partial charge in [-0.3, -0.25) is 0 Å². The second-order valence-corrected chi connectivity index (χ2v) is 5.28. The Morgan fingerprint density at radius 3 is 2.30 bits per heavy atom. The zero-order valence-electron chi connectivity index (χ0n) is 11.2. The molecule has 0 saturated carbocycles. The van der Waals surface area contributed by atoms with Crippen molar-refractivity contribution in [1.29, 1.82) is 0 Å². The fourth-order valence-electron chi connectivity index (χ4n) is 2.24. The highest BCUT2D eigenvalue weighted by atomic mass is 35.5. The molecular formula is C16H17ClFNO. The van der Waals surface area contributed by atoms with Crippen molar-refractivity contribution in [1.82, 2.24) is 0 Å². The van der Waals surface area contributed by atoms with Crippen molar-refractivity contribution in [3.05, 3.63) is 70.0 Å². The first kappa shape index (κ1) is 15.0. The highest BCUT2D eigenvalue weighted by Gasteiger charge is 2.22. The van der Waals surface area contributed by atoms with Crippen molar-refractivity contribution in [2.75, 3.05) is 6.54 Å². The predicted molar refractivity (Wildman–Crippen MR) is 79.3 cm³/mol. The summed E-state index contributed by atoms with van der Waals surface area (Å²) in [4.78, 5) is 0. The van der Waals surface area contributed by atoms with Crippen LogP contribution in [0.25, 0.3) is 0 Å². The van der Waals surface area contributed by atoms with Gasteiger partial charge in [-0.15, -0.1) is 0 Å². The fourth-order valence-corrected chi connectivity index (χ4v) is 2.37. The van der Waals surface area contributed by atoms with Crippen molar-refractivity contribution in [3.63, 3.8) is 0 Å². The topological polar surface area (TPSA) is 46.2 Å². The van der Waals surface area contributed by atoms with E-state index in [9.17, 15) is 9.50 Å². The summed E-state index contributed by atoms with van der Waals surface area (Å²) in [6.07, 6.45) is -0.777. The molecule has 0 saturated heterocycles. The second kappa shape index (κ2) is 6.35. The third-order valence-corrected chi connectivity index (χ3v) is 3.71. The number of hydrogen-bond donors (Lipinski definition) is 2. The molecule has 2 nitrogen and oxygen atoms in total. The minimum Gasteiger partial charge on any atom is -0.388 e. The van der Waals surface area contributed by atoms with Crippen LogP contribution in [0.2, 0.25) is 5.02 Å². The lowest BCUT2D eigenvalue weighted by Crippen LogP contribution is -2.20. The van der Waals surface area contributed by atoms with E-state index in [2.05, 4.69) is 0 Å². The monoisotopic (exact) mass is 293 g/mol. The maximum Gasteiger partial charge on any atom is 0.126 e. The van der Waals surface area contributed by atoms with Gasteiger partial charge in [0.05, 0.1) is 6.10 Å². The van der Waals surface area contributed by atoms with Gasteiger partial charge in [-0.05, 0) is 41.8 Å². The van der Waals surface area contributed by atoms with Gasteiger partial charge >= 0.3 is 0 Å². The van der Waals surface area contributed by atoms with E-state index in [1.54, 1.807) is 31.2 Å². The lowest BCUT2D eigenvalue weighted by atomic mass is 9.89. The largest absolute Gasteiger partial charge is 0.388 e. The summed E-state index contributed by atoms with van der Waals surface area (Å²) in [5, 5.41) is 11.1. The van der Waals surface area contributed by atoms with Crippen molar-refractivity contribution < 1.29 is 9.50 Å². The first-order valence-electron chi connectivity index (χ1n) is 6.42. The van der Waals surface area contributed by atoms with Crippen LogP contribution in [0.3, 0.4) is 0 Å². The van der Waals surface area contributed by atoms with Gasteiger partial charge in [-0.25, -0.2) is 4.39 Å². The molecular weight excluding hydrogens is 277 g/mol. The van der Waals surface area contributed by atoms with Crippen molar-refractivity contribution in [3.8, 4) is 0 Å². The molecule has 2 rings (SSSR count). The van der Waals surface area contributed by atoms with Gasteiger partial charge in [0.2, 0.25) is 0 Å². The second-order valence-electron chi connectivity index (χ2n) is 4.85. The highest BCUT2D eigenvalue weighted by Crippen LogP contribution is 2.31. The maximum atomic E-state index is 13.3. The summed E-state index contributed by atoms with van der Waals surface area (Å²) in [6, 6.07) is 11.8. The van der Waals surface area contributed by atoms with E-state index >= 15 is 0 Å². The predicted octanol–water partition coefficient (Wildman–Crippen LogP) is 3.56. The van der Waals surface area contributed by atoms with Crippen LogP contribution in [0.1, 0.15) is 28.7 Å². The van der Waals surface area contributed by atoms with E-state index < -0.39 is 6.10 Å². The number of aliphatic hydroxyl groups is 1. The Kier molecular flexibility index (Phi) is 4.76. The van der Waals surface area contributed by atoms with Gasteiger partial charge in [-0.1, -0.05) is 35.9 Å². The van der Waals surface area contributed by atoms with Crippen LogP contribution in [-0.4, -0.2) is 11.7 Å². The number of rotatable bonds is 4. The number of benzene rings is 2. The van der Waals surface area contributed by atoms with E-state index in [1.165, 1.54) is 6.07 Å². The minimum atomic E-state index is -0.777. The van der Waals surface area contributed by atoms with Crippen molar-refractivity contribution in [2.24, 2.45) is 5.73 Å². The molecule has 3 N–H and O–H groups in total. The fraction of sp³-hybridized carbons (Fsp3) is 0.250. The van der Waals surface area contributed by atoms with Gasteiger partial charge in [0, 0.05) is 17.5 Å². The number of nitrogens with two attached hydrogens (primary N) is 1. The summed E-state index contributed by atoms with van der Waals surface area (Å²) in [7, 11) is 0. The summed E-state index contributed by atoms with van der Waals surface area (Å²) in [6.45, 7) is 1.96. The van der Waals surface area contributed by atoms with E-state index in [0.29, 0.717) is 22.7 Å². The molecule has 4 heteroatoms. The normalized spacial score (nSPS) is 14.1. The molecule has 2 unspecified atom stereocenters. The molecule has 0 spiro atoms. The van der Waals surface area contributed by atoms with E-state index in [-0.39, 0.29) is 11.7 Å². The first-order chi connectivity index (χ1) is 9.52. The van der Waals surface area contributed by atoms with Gasteiger partial charge in [0.25, 0.3) is 0 Å². The number of hydrogen-bond acceptors (Lipinski definition) is 2. The molecule has 0 aromatic heterocycles. The molecule has 0 fully saturated rings. The Labute approximate surface area is 123 Å². The molecule has 2 aromatic rings. The Morgan fingerprint density at radius 1 is 1.15 bits per heavy atom. The van der Waals surface area contributed by atoms with Gasteiger partial charge in [0.1, 0.15) is 5.82 Å². The zero-order chi connectivity index (χ0) is 14.7. The summed E-state index contributed by atoms with van der Waals surface area (Å²) in [5.74, 6) is -0.533. The van der Waals surface area contributed by atoms with E-state index in [0.717, 1.165) is 5.56 Å². The summed E-state index contributed by atoms with van der Waals surface area (Å²) in [5.41, 5.74) is 7.86. The number of halogens is 2. The Balaban J connectivity index is 2.30. The molecule has 2 atom stereocenters. The Morgan fingerprint density at radius 2 is 1.75 bits per heavy atom. The Hall–Kier alpha value is -1.42. The molecule has 0 radical (unpaired) electrons. The molecule has 106 valence electrons. The molecule has 0 amide bonds. The van der Waals surface area contributed by atoms with Gasteiger partial charge < -0.3 is 10.8 Å². The molecule has 0 aliphatic rings. The molecule has 0 aliphatic carbocycles. The minimum absolute atomic E-state index is 0.253. The first-order valence-corrected chi connectivity index (χ1v) is 6.80. The van der Waals surface area contributed by atoms with Crippen LogP contribution in [0.5, 0.6) is 0 Å². The average Bonchev–Trinajstić information content (AvgIpc) is 2.44. The molecule has 0 bridgehead atoms. The van der Waals surface area contributed by atoms with Crippen LogP contribution >= 0.6 is 11.6 Å². The molecule has 0 heterocycles. The maximum absolute atomic E-state index is 13.3. The number of aliphatic hydroxyl groups excluding tert-OH is 1. The van der Waals surface area contributed by atoms with Gasteiger partial charge in [-0.2, -0.15) is 0 Å². The van der Waals surface area contributed by atoms with Crippen LogP contribution in [0, 0.1) is 12.7 Å². The van der Waals surface area contributed by atoms with Crippen LogP contribution in [0.15, 0.2) is 42.5 Å². The van der Waals surface area contributed by atoms with Crippen molar-refractivity contribution >= 4 is 11.6 Å². The standard InChI is InChI=1S/C16H17ClFNO/c1-10-8-12(4-7-15(10)18)16(20)14(9-19)11-2-5-13(17)6-3-11/h2-8,14,16,20H,9,19H2,1H3.